The number of aryl methyl sites for hydroxylation is 2. The average molecular weight is 257 g/mol. The van der Waals surface area contributed by atoms with Crippen LogP contribution in [0, 0.1) is 13.8 Å². The molecule has 3 heterocycles. The summed E-state index contributed by atoms with van der Waals surface area (Å²) < 4.78 is 5.30. The van der Waals surface area contributed by atoms with Crippen LogP contribution in [0.25, 0.3) is 21.9 Å². The van der Waals surface area contributed by atoms with Crippen molar-refractivity contribution < 1.29 is 4.52 Å². The third kappa shape index (κ3) is 1.93. The molecule has 18 heavy (non-hydrogen) atoms. The maximum absolute atomic E-state index is 5.30. The summed E-state index contributed by atoms with van der Waals surface area (Å²) in [4.78, 5) is 9.86. The maximum Gasteiger partial charge on any atom is 0.170 e. The Morgan fingerprint density at radius 1 is 1.28 bits per heavy atom. The highest BCUT2D eigenvalue weighted by atomic mass is 32.1. The van der Waals surface area contributed by atoms with Gasteiger partial charge >= 0.3 is 0 Å². The summed E-state index contributed by atoms with van der Waals surface area (Å²) in [5.74, 6) is 1.45. The van der Waals surface area contributed by atoms with E-state index in [0.717, 1.165) is 27.7 Å². The van der Waals surface area contributed by atoms with Gasteiger partial charge in [-0.1, -0.05) is 11.2 Å². The topological polar surface area (TPSA) is 51.8 Å². The Morgan fingerprint density at radius 3 is 2.83 bits per heavy atom. The molecule has 3 rings (SSSR count). The highest BCUT2D eigenvalue weighted by molar-refractivity contribution is 7.13. The minimum Gasteiger partial charge on any atom is -0.356 e. The Hall–Kier alpha value is -2.01. The molecule has 0 aromatic carbocycles. The first-order valence-electron chi connectivity index (χ1n) is 5.55. The standard InChI is InChI=1S/C13H11N3OS/c1-8-6-11(17-16-8)10-7-14-9(2)15-13(10)12-4-3-5-18-12/h3-7H,1-2H3. The van der Waals surface area contributed by atoms with Gasteiger partial charge < -0.3 is 4.52 Å². The second-order valence-electron chi connectivity index (χ2n) is 3.99. The second-order valence-corrected chi connectivity index (χ2v) is 4.94. The van der Waals surface area contributed by atoms with Gasteiger partial charge in [-0.05, 0) is 25.3 Å². The molecule has 0 amide bonds. The van der Waals surface area contributed by atoms with Crippen LogP contribution in [0.3, 0.4) is 0 Å². The quantitative estimate of drug-likeness (QED) is 0.705. The van der Waals surface area contributed by atoms with Gasteiger partial charge in [-0.15, -0.1) is 11.3 Å². The van der Waals surface area contributed by atoms with Crippen LogP contribution >= 0.6 is 11.3 Å². The lowest BCUT2D eigenvalue weighted by Gasteiger charge is -2.04. The van der Waals surface area contributed by atoms with Gasteiger partial charge in [-0.25, -0.2) is 9.97 Å². The lowest BCUT2D eigenvalue weighted by molar-refractivity contribution is 0.427. The average Bonchev–Trinajstić information content (AvgIpc) is 2.99. The minimum absolute atomic E-state index is 0.705. The summed E-state index contributed by atoms with van der Waals surface area (Å²) >= 11 is 1.65. The molecule has 0 N–H and O–H groups in total. The van der Waals surface area contributed by atoms with Crippen LogP contribution in [0.2, 0.25) is 0 Å². The van der Waals surface area contributed by atoms with Crippen LogP contribution in [-0.4, -0.2) is 15.1 Å². The van der Waals surface area contributed by atoms with Gasteiger partial charge in [0, 0.05) is 12.3 Å². The summed E-state index contributed by atoms with van der Waals surface area (Å²) in [5, 5.41) is 5.94. The summed E-state index contributed by atoms with van der Waals surface area (Å²) in [7, 11) is 0. The van der Waals surface area contributed by atoms with Gasteiger partial charge in [0.15, 0.2) is 5.76 Å². The number of hydrogen-bond donors (Lipinski definition) is 0. The molecule has 0 atom stereocenters. The maximum atomic E-state index is 5.30. The zero-order valence-corrected chi connectivity index (χ0v) is 10.9. The molecule has 4 nitrogen and oxygen atoms in total. The van der Waals surface area contributed by atoms with E-state index in [1.807, 2.05) is 37.4 Å². The van der Waals surface area contributed by atoms with Gasteiger partial charge in [0.2, 0.25) is 0 Å². The Morgan fingerprint density at radius 2 is 2.17 bits per heavy atom. The molecular weight excluding hydrogens is 246 g/mol. The summed E-state index contributed by atoms with van der Waals surface area (Å²) in [5.41, 5.74) is 2.63. The minimum atomic E-state index is 0.705. The lowest BCUT2D eigenvalue weighted by atomic mass is 10.1. The van der Waals surface area contributed by atoms with Crippen molar-refractivity contribution in [2.75, 3.05) is 0 Å². The molecule has 90 valence electrons. The van der Waals surface area contributed by atoms with E-state index >= 15 is 0 Å². The second kappa shape index (κ2) is 4.34. The number of nitrogens with zero attached hydrogens (tertiary/aromatic N) is 3. The molecule has 0 fully saturated rings. The largest absolute Gasteiger partial charge is 0.356 e. The van der Waals surface area contributed by atoms with E-state index in [2.05, 4.69) is 15.1 Å². The fraction of sp³-hybridized carbons (Fsp3) is 0.154. The molecule has 3 aromatic rings. The van der Waals surface area contributed by atoms with Crippen LogP contribution in [-0.2, 0) is 0 Å². The van der Waals surface area contributed by atoms with Gasteiger partial charge in [-0.3, -0.25) is 0 Å². The smallest absolute Gasteiger partial charge is 0.170 e. The first kappa shape index (κ1) is 11.1. The normalized spacial score (nSPS) is 10.8. The van der Waals surface area contributed by atoms with E-state index in [9.17, 15) is 0 Å². The van der Waals surface area contributed by atoms with Crippen molar-refractivity contribution >= 4 is 11.3 Å². The molecule has 0 saturated heterocycles. The molecule has 5 heteroatoms. The van der Waals surface area contributed by atoms with Crippen molar-refractivity contribution in [1.29, 1.82) is 0 Å². The van der Waals surface area contributed by atoms with Gasteiger partial charge in [0.05, 0.1) is 21.8 Å². The molecule has 3 aromatic heterocycles. The Bertz CT molecular complexity index is 673. The fourth-order valence-electron chi connectivity index (χ4n) is 1.74. The zero-order valence-electron chi connectivity index (χ0n) is 10.0. The Balaban J connectivity index is 2.20. The molecule has 0 aliphatic carbocycles. The molecule has 0 unspecified atom stereocenters. The van der Waals surface area contributed by atoms with Gasteiger partial charge in [0.25, 0.3) is 0 Å². The van der Waals surface area contributed by atoms with Crippen molar-refractivity contribution in [3.63, 3.8) is 0 Å². The summed E-state index contributed by atoms with van der Waals surface area (Å²) in [6, 6.07) is 5.94. The fourth-order valence-corrected chi connectivity index (χ4v) is 2.47. The first-order valence-corrected chi connectivity index (χ1v) is 6.43. The zero-order chi connectivity index (χ0) is 12.5. The third-order valence-corrected chi connectivity index (χ3v) is 3.43. The summed E-state index contributed by atoms with van der Waals surface area (Å²) in [6.07, 6.45) is 1.79. The summed E-state index contributed by atoms with van der Waals surface area (Å²) in [6.45, 7) is 3.78. The lowest BCUT2D eigenvalue weighted by Crippen LogP contribution is -1.93. The molecule has 0 aliphatic heterocycles. The van der Waals surface area contributed by atoms with Gasteiger partial charge in [0.1, 0.15) is 5.82 Å². The van der Waals surface area contributed by atoms with Crippen LogP contribution in [0.15, 0.2) is 34.3 Å². The van der Waals surface area contributed by atoms with Gasteiger partial charge in [-0.2, -0.15) is 0 Å². The predicted molar refractivity (Wildman–Crippen MR) is 70.3 cm³/mol. The van der Waals surface area contributed by atoms with E-state index in [1.165, 1.54) is 0 Å². The molecule has 0 saturated carbocycles. The molecular formula is C13H11N3OS. The van der Waals surface area contributed by atoms with Crippen molar-refractivity contribution in [2.45, 2.75) is 13.8 Å². The van der Waals surface area contributed by atoms with E-state index in [4.69, 9.17) is 4.52 Å². The highest BCUT2D eigenvalue weighted by Crippen LogP contribution is 2.32. The van der Waals surface area contributed by atoms with E-state index < -0.39 is 0 Å². The molecule has 0 spiro atoms. The Labute approximate surface area is 108 Å². The number of thiophene rings is 1. The van der Waals surface area contributed by atoms with Crippen LogP contribution < -0.4 is 0 Å². The third-order valence-electron chi connectivity index (χ3n) is 2.56. The molecule has 0 bridgehead atoms. The van der Waals surface area contributed by atoms with Crippen LogP contribution in [0.4, 0.5) is 0 Å². The monoisotopic (exact) mass is 257 g/mol. The van der Waals surface area contributed by atoms with E-state index in [0.29, 0.717) is 5.76 Å². The van der Waals surface area contributed by atoms with Crippen LogP contribution in [0.5, 0.6) is 0 Å². The van der Waals surface area contributed by atoms with Crippen molar-refractivity contribution in [3.05, 3.63) is 41.3 Å². The number of hydrogen-bond acceptors (Lipinski definition) is 5. The highest BCUT2D eigenvalue weighted by Gasteiger charge is 2.14. The number of aromatic nitrogens is 3. The van der Waals surface area contributed by atoms with Crippen molar-refractivity contribution in [2.24, 2.45) is 0 Å². The van der Waals surface area contributed by atoms with E-state index in [1.54, 1.807) is 17.5 Å². The molecule has 0 radical (unpaired) electrons. The first-order chi connectivity index (χ1) is 8.74. The Kier molecular flexibility index (Phi) is 2.68. The van der Waals surface area contributed by atoms with E-state index in [-0.39, 0.29) is 0 Å². The van der Waals surface area contributed by atoms with Crippen molar-refractivity contribution in [3.8, 4) is 21.9 Å². The van der Waals surface area contributed by atoms with Crippen molar-refractivity contribution in [1.82, 2.24) is 15.1 Å². The predicted octanol–water partition coefficient (Wildman–Crippen LogP) is 3.48. The number of rotatable bonds is 2. The molecule has 0 aliphatic rings. The SMILES string of the molecule is Cc1cc(-c2cnc(C)nc2-c2cccs2)on1. The van der Waals surface area contributed by atoms with Crippen LogP contribution in [0.1, 0.15) is 11.5 Å².